The average Bonchev–Trinajstić information content (AvgIpc) is 3.28. The van der Waals surface area contributed by atoms with E-state index in [2.05, 4.69) is 15.4 Å². The third-order valence-electron chi connectivity index (χ3n) is 4.53. The van der Waals surface area contributed by atoms with Crippen molar-refractivity contribution in [3.63, 3.8) is 0 Å². The first kappa shape index (κ1) is 19.2. The molecule has 0 radical (unpaired) electrons. The summed E-state index contributed by atoms with van der Waals surface area (Å²) < 4.78 is 16.4. The molecule has 9 heteroatoms. The van der Waals surface area contributed by atoms with Crippen LogP contribution >= 0.6 is 0 Å². The van der Waals surface area contributed by atoms with E-state index in [1.165, 1.54) is 0 Å². The molecule has 4 rings (SSSR count). The molecule has 0 aromatic carbocycles. The number of nitrogens with one attached hydrogen (secondary N) is 1. The van der Waals surface area contributed by atoms with Crippen LogP contribution in [0.25, 0.3) is 11.6 Å². The lowest BCUT2D eigenvalue weighted by molar-refractivity contribution is 0.0471. The zero-order valence-corrected chi connectivity index (χ0v) is 16.1. The standard InChI is InChI=1S/C20H22N4O5/c1-2-8-28-20(26)16-17(25)15(29-19(16)23-24-6-9-27-10-7-24)11-13-12-22-18-14(13)4-3-5-21-18/h3-5,11-12,23,25H,2,6-10H2,1H3. The van der Waals surface area contributed by atoms with E-state index in [9.17, 15) is 9.90 Å². The van der Waals surface area contributed by atoms with E-state index in [-0.39, 0.29) is 29.6 Å². The van der Waals surface area contributed by atoms with Crippen molar-refractivity contribution in [2.75, 3.05) is 38.3 Å². The number of pyridine rings is 1. The van der Waals surface area contributed by atoms with Gasteiger partial charge in [-0.15, -0.1) is 0 Å². The molecule has 4 heterocycles. The van der Waals surface area contributed by atoms with E-state index < -0.39 is 5.97 Å². The van der Waals surface area contributed by atoms with E-state index in [4.69, 9.17) is 13.9 Å². The predicted molar refractivity (Wildman–Crippen MR) is 107 cm³/mol. The van der Waals surface area contributed by atoms with Crippen LogP contribution in [-0.4, -0.2) is 60.2 Å². The molecule has 2 aliphatic heterocycles. The molecule has 0 bridgehead atoms. The van der Waals surface area contributed by atoms with E-state index in [0.29, 0.717) is 38.5 Å². The Morgan fingerprint density at radius 3 is 3.03 bits per heavy atom. The first-order valence-electron chi connectivity index (χ1n) is 9.50. The smallest absolute Gasteiger partial charge is 0.347 e. The van der Waals surface area contributed by atoms with Gasteiger partial charge in [0, 0.05) is 36.6 Å². The van der Waals surface area contributed by atoms with E-state index in [0.717, 1.165) is 11.1 Å². The molecule has 9 nitrogen and oxygen atoms in total. The second kappa shape index (κ2) is 8.46. The Kier molecular flexibility index (Phi) is 5.59. The topological polar surface area (TPSA) is 109 Å². The molecular formula is C20H22N4O5. The van der Waals surface area contributed by atoms with Crippen molar-refractivity contribution >= 4 is 35.5 Å². The van der Waals surface area contributed by atoms with Crippen LogP contribution in [0, 0.1) is 0 Å². The molecule has 152 valence electrons. The number of hydrogen-bond donors (Lipinski definition) is 2. The summed E-state index contributed by atoms with van der Waals surface area (Å²) in [6, 6.07) is 3.69. The number of anilines is 1. The number of rotatable bonds is 6. The largest absolute Gasteiger partial charge is 0.504 e. The van der Waals surface area contributed by atoms with Gasteiger partial charge in [0.1, 0.15) is 0 Å². The van der Waals surface area contributed by atoms with Gasteiger partial charge in [-0.3, -0.25) is 5.43 Å². The highest BCUT2D eigenvalue weighted by Crippen LogP contribution is 2.38. The Morgan fingerprint density at radius 2 is 2.24 bits per heavy atom. The number of morpholine rings is 1. The second-order valence-electron chi connectivity index (χ2n) is 6.60. The molecule has 0 spiro atoms. The minimum atomic E-state index is -0.643. The van der Waals surface area contributed by atoms with E-state index >= 15 is 0 Å². The zero-order chi connectivity index (χ0) is 20.2. The van der Waals surface area contributed by atoms with Gasteiger partial charge >= 0.3 is 5.97 Å². The van der Waals surface area contributed by atoms with Gasteiger partial charge in [-0.05, 0) is 24.6 Å². The number of carbonyl (C=O) groups excluding carboxylic acids is 1. The summed E-state index contributed by atoms with van der Waals surface area (Å²) in [7, 11) is 0. The number of hydrazine groups is 1. The Morgan fingerprint density at radius 1 is 1.41 bits per heavy atom. The molecule has 1 fully saturated rings. The molecule has 0 saturated carbocycles. The Balaban J connectivity index is 1.68. The van der Waals surface area contributed by atoms with Gasteiger partial charge in [-0.2, -0.15) is 0 Å². The van der Waals surface area contributed by atoms with Crippen molar-refractivity contribution in [2.45, 2.75) is 13.3 Å². The van der Waals surface area contributed by atoms with Crippen LogP contribution in [0.3, 0.4) is 0 Å². The maximum atomic E-state index is 12.6. The maximum Gasteiger partial charge on any atom is 0.347 e. The molecular weight excluding hydrogens is 376 g/mol. The SMILES string of the molecule is CCCOC(=O)c1c(NN2CCOCC2)oc(C=C2C=Nc3ncccc32)c1O. The first-order chi connectivity index (χ1) is 14.2. The number of allylic oxidation sites excluding steroid dienone is 1. The number of ether oxygens (including phenoxy) is 2. The molecule has 0 aliphatic carbocycles. The van der Waals surface area contributed by atoms with Crippen molar-refractivity contribution in [1.82, 2.24) is 9.99 Å². The van der Waals surface area contributed by atoms with Crippen LogP contribution < -0.4 is 5.43 Å². The lowest BCUT2D eigenvalue weighted by atomic mass is 10.1. The monoisotopic (exact) mass is 398 g/mol. The van der Waals surface area contributed by atoms with Gasteiger partial charge < -0.3 is 19.0 Å². The molecule has 0 atom stereocenters. The molecule has 0 amide bonds. The van der Waals surface area contributed by atoms with Gasteiger partial charge in [-0.1, -0.05) is 6.92 Å². The van der Waals surface area contributed by atoms with Crippen molar-refractivity contribution in [2.24, 2.45) is 4.99 Å². The van der Waals surface area contributed by atoms with Crippen LogP contribution in [0.5, 0.6) is 5.75 Å². The minimum absolute atomic E-state index is 0.0295. The highest BCUT2D eigenvalue weighted by Gasteiger charge is 2.28. The van der Waals surface area contributed by atoms with Gasteiger partial charge in [-0.25, -0.2) is 19.8 Å². The zero-order valence-electron chi connectivity index (χ0n) is 16.1. The fourth-order valence-corrected chi connectivity index (χ4v) is 3.07. The van der Waals surface area contributed by atoms with Gasteiger partial charge in [0.2, 0.25) is 5.88 Å². The highest BCUT2D eigenvalue weighted by molar-refractivity contribution is 6.21. The summed E-state index contributed by atoms with van der Waals surface area (Å²) in [6.45, 7) is 4.51. The number of aromatic hydroxyl groups is 1. The van der Waals surface area contributed by atoms with Crippen LogP contribution in [0.15, 0.2) is 27.7 Å². The fourth-order valence-electron chi connectivity index (χ4n) is 3.07. The van der Waals surface area contributed by atoms with Gasteiger partial charge in [0.05, 0.1) is 19.8 Å². The minimum Gasteiger partial charge on any atom is -0.504 e. The molecule has 2 aromatic heterocycles. The molecule has 2 aromatic rings. The number of fused-ring (bicyclic) bond motifs is 1. The predicted octanol–water partition coefficient (Wildman–Crippen LogP) is 2.86. The quantitative estimate of drug-likeness (QED) is 0.715. The molecule has 2 N–H and O–H groups in total. The molecule has 29 heavy (non-hydrogen) atoms. The third-order valence-corrected chi connectivity index (χ3v) is 4.53. The summed E-state index contributed by atoms with van der Waals surface area (Å²) in [6.07, 6.45) is 5.61. The molecule has 0 unspecified atom stereocenters. The number of hydrogen-bond acceptors (Lipinski definition) is 9. The van der Waals surface area contributed by atoms with E-state index in [1.807, 2.05) is 24.1 Å². The summed E-state index contributed by atoms with van der Waals surface area (Å²) in [5.74, 6) is -0.0455. The summed E-state index contributed by atoms with van der Waals surface area (Å²) in [5, 5.41) is 12.6. The van der Waals surface area contributed by atoms with Gasteiger partial charge in [0.25, 0.3) is 0 Å². The van der Waals surface area contributed by atoms with Crippen molar-refractivity contribution in [3.05, 3.63) is 35.2 Å². The summed E-state index contributed by atoms with van der Waals surface area (Å²) in [5.41, 5.74) is 4.58. The number of nitrogens with zero attached hydrogens (tertiary/aromatic N) is 3. The second-order valence-corrected chi connectivity index (χ2v) is 6.60. The lowest BCUT2D eigenvalue weighted by Crippen LogP contribution is -2.40. The summed E-state index contributed by atoms with van der Waals surface area (Å²) in [4.78, 5) is 21.0. The van der Waals surface area contributed by atoms with Crippen LogP contribution in [0.1, 0.15) is 35.0 Å². The fraction of sp³-hybridized carbons (Fsp3) is 0.350. The lowest BCUT2D eigenvalue weighted by Gasteiger charge is -2.26. The maximum absolute atomic E-state index is 12.6. The van der Waals surface area contributed by atoms with Crippen molar-refractivity contribution < 1.29 is 23.8 Å². The average molecular weight is 398 g/mol. The van der Waals surface area contributed by atoms with Crippen molar-refractivity contribution in [3.8, 4) is 5.75 Å². The van der Waals surface area contributed by atoms with Crippen LogP contribution in [0.4, 0.5) is 11.7 Å². The van der Waals surface area contributed by atoms with Crippen LogP contribution in [0.2, 0.25) is 0 Å². The highest BCUT2D eigenvalue weighted by atomic mass is 16.5. The Bertz CT molecular complexity index is 960. The summed E-state index contributed by atoms with van der Waals surface area (Å²) >= 11 is 0. The Hall–Kier alpha value is -3.17. The van der Waals surface area contributed by atoms with Crippen LogP contribution in [-0.2, 0) is 9.47 Å². The number of aromatic nitrogens is 1. The third kappa shape index (κ3) is 4.01. The first-order valence-corrected chi connectivity index (χ1v) is 9.50. The van der Waals surface area contributed by atoms with Gasteiger partial charge in [0.15, 0.2) is 22.9 Å². The number of aliphatic imine (C=N–C) groups is 1. The van der Waals surface area contributed by atoms with E-state index in [1.54, 1.807) is 18.5 Å². The Labute approximate surface area is 167 Å². The molecule has 1 saturated heterocycles. The number of carbonyl (C=O) groups is 1. The molecule has 2 aliphatic rings. The van der Waals surface area contributed by atoms with Crippen molar-refractivity contribution in [1.29, 1.82) is 0 Å². The number of esters is 1. The normalized spacial score (nSPS) is 17.5. The number of furan rings is 1.